The third kappa shape index (κ3) is 2.72. The van der Waals surface area contributed by atoms with Crippen molar-refractivity contribution in [1.29, 1.82) is 0 Å². The minimum absolute atomic E-state index is 0.0225. The number of carboxylic acid groups (broad SMARTS) is 1. The summed E-state index contributed by atoms with van der Waals surface area (Å²) in [5.41, 5.74) is 1.38. The Bertz CT molecular complexity index is 694. The van der Waals surface area contributed by atoms with Crippen LogP contribution in [-0.2, 0) is 7.05 Å². The van der Waals surface area contributed by atoms with Crippen LogP contribution in [0.4, 0.5) is 5.69 Å². The van der Waals surface area contributed by atoms with Crippen molar-refractivity contribution < 1.29 is 14.7 Å². The highest BCUT2D eigenvalue weighted by molar-refractivity contribution is 9.10. The van der Waals surface area contributed by atoms with Crippen LogP contribution in [0, 0.1) is 6.92 Å². The maximum Gasteiger partial charge on any atom is 0.337 e. The van der Waals surface area contributed by atoms with E-state index in [0.29, 0.717) is 15.7 Å². The van der Waals surface area contributed by atoms with Crippen molar-refractivity contribution in [2.75, 3.05) is 5.32 Å². The van der Waals surface area contributed by atoms with Crippen LogP contribution in [0.2, 0.25) is 0 Å². The number of halogens is 1. The minimum atomic E-state index is -1.11. The van der Waals surface area contributed by atoms with Gasteiger partial charge in [-0.15, -0.1) is 0 Å². The van der Waals surface area contributed by atoms with Crippen molar-refractivity contribution >= 4 is 33.5 Å². The molecule has 0 bridgehead atoms. The maximum atomic E-state index is 12.1. The van der Waals surface area contributed by atoms with E-state index in [1.807, 2.05) is 0 Å². The van der Waals surface area contributed by atoms with Gasteiger partial charge in [-0.3, -0.25) is 9.48 Å². The lowest BCUT2D eigenvalue weighted by atomic mass is 10.1. The number of aryl methyl sites for hydroxylation is 1. The Labute approximate surface area is 123 Å². The van der Waals surface area contributed by atoms with E-state index in [1.54, 1.807) is 24.7 Å². The number of aromatic carboxylic acids is 1. The Hall–Kier alpha value is -2.15. The van der Waals surface area contributed by atoms with Crippen molar-refractivity contribution in [3.05, 3.63) is 45.7 Å². The molecular formula is C13H12BrN3O3. The normalized spacial score (nSPS) is 10.3. The fraction of sp³-hybridized carbons (Fsp3) is 0.154. The molecule has 1 aromatic heterocycles. The average molecular weight is 338 g/mol. The molecule has 0 aliphatic rings. The summed E-state index contributed by atoms with van der Waals surface area (Å²) in [7, 11) is 1.73. The highest BCUT2D eigenvalue weighted by Crippen LogP contribution is 2.22. The Morgan fingerprint density at radius 1 is 1.35 bits per heavy atom. The number of carbonyl (C=O) groups is 2. The fourth-order valence-electron chi connectivity index (χ4n) is 1.71. The van der Waals surface area contributed by atoms with Gasteiger partial charge < -0.3 is 10.4 Å². The number of nitrogens with one attached hydrogen (secondary N) is 1. The number of hydrogen-bond acceptors (Lipinski definition) is 3. The number of hydrogen-bond donors (Lipinski definition) is 2. The van der Waals surface area contributed by atoms with Crippen molar-refractivity contribution in [2.24, 2.45) is 7.05 Å². The fourth-order valence-corrected chi connectivity index (χ4v) is 2.07. The number of nitrogens with zero attached hydrogens (tertiary/aromatic N) is 2. The van der Waals surface area contributed by atoms with E-state index >= 15 is 0 Å². The molecule has 0 saturated heterocycles. The molecule has 0 unspecified atom stereocenters. The van der Waals surface area contributed by atoms with Crippen molar-refractivity contribution in [1.82, 2.24) is 9.78 Å². The lowest BCUT2D eigenvalue weighted by Gasteiger charge is -2.08. The topological polar surface area (TPSA) is 84.2 Å². The summed E-state index contributed by atoms with van der Waals surface area (Å²) < 4.78 is 2.21. The van der Waals surface area contributed by atoms with E-state index < -0.39 is 5.97 Å². The molecule has 2 N–H and O–H groups in total. The van der Waals surface area contributed by atoms with Crippen LogP contribution in [-0.4, -0.2) is 26.8 Å². The molecule has 1 amide bonds. The van der Waals surface area contributed by atoms with Gasteiger partial charge in [-0.2, -0.15) is 5.10 Å². The van der Waals surface area contributed by atoms with Crippen LogP contribution < -0.4 is 5.32 Å². The number of rotatable bonds is 3. The molecule has 0 atom stereocenters. The monoisotopic (exact) mass is 337 g/mol. The van der Waals surface area contributed by atoms with Gasteiger partial charge in [-0.05, 0) is 25.1 Å². The molecule has 104 valence electrons. The second-order valence-corrected chi connectivity index (χ2v) is 5.13. The lowest BCUT2D eigenvalue weighted by molar-refractivity contribution is 0.0698. The molecule has 2 aromatic rings. The quantitative estimate of drug-likeness (QED) is 0.900. The predicted octanol–water partition coefficient (Wildman–Crippen LogP) is 2.44. The SMILES string of the molecule is Cc1c(C(=O)Nc2ccc(Br)cc2C(=O)O)cnn1C. The first-order valence-electron chi connectivity index (χ1n) is 5.73. The molecule has 0 spiro atoms. The predicted molar refractivity (Wildman–Crippen MR) is 77.0 cm³/mol. The summed E-state index contributed by atoms with van der Waals surface area (Å²) in [6, 6.07) is 4.64. The van der Waals surface area contributed by atoms with Gasteiger partial charge in [0.15, 0.2) is 0 Å². The molecule has 0 saturated carbocycles. The molecule has 1 aromatic carbocycles. The first-order chi connectivity index (χ1) is 9.40. The molecule has 0 aliphatic carbocycles. The molecule has 20 heavy (non-hydrogen) atoms. The maximum absolute atomic E-state index is 12.1. The van der Waals surface area contributed by atoms with Gasteiger partial charge in [0.05, 0.1) is 23.0 Å². The Balaban J connectivity index is 2.33. The van der Waals surface area contributed by atoms with Gasteiger partial charge in [-0.25, -0.2) is 4.79 Å². The van der Waals surface area contributed by atoms with Crippen LogP contribution in [0.5, 0.6) is 0 Å². The summed E-state index contributed by atoms with van der Waals surface area (Å²) in [5.74, 6) is -1.50. The van der Waals surface area contributed by atoms with Crippen molar-refractivity contribution in [3.8, 4) is 0 Å². The third-order valence-corrected chi connectivity index (χ3v) is 3.43. The van der Waals surface area contributed by atoms with E-state index in [9.17, 15) is 9.59 Å². The zero-order valence-corrected chi connectivity index (χ0v) is 12.4. The number of anilines is 1. The van der Waals surface area contributed by atoms with Crippen LogP contribution >= 0.6 is 15.9 Å². The number of amides is 1. The Morgan fingerprint density at radius 3 is 2.60 bits per heavy atom. The number of benzene rings is 1. The van der Waals surface area contributed by atoms with Crippen LogP contribution in [0.25, 0.3) is 0 Å². The van der Waals surface area contributed by atoms with E-state index in [2.05, 4.69) is 26.3 Å². The molecule has 0 radical (unpaired) electrons. The molecule has 7 heteroatoms. The first-order valence-corrected chi connectivity index (χ1v) is 6.52. The molecule has 6 nitrogen and oxygen atoms in total. The van der Waals surface area contributed by atoms with Gasteiger partial charge in [-0.1, -0.05) is 15.9 Å². The van der Waals surface area contributed by atoms with Gasteiger partial charge in [0.1, 0.15) is 0 Å². The third-order valence-electron chi connectivity index (χ3n) is 2.94. The summed E-state index contributed by atoms with van der Waals surface area (Å²) in [5, 5.41) is 15.7. The molecular weight excluding hydrogens is 326 g/mol. The zero-order valence-electron chi connectivity index (χ0n) is 10.8. The van der Waals surface area contributed by atoms with Crippen LogP contribution in [0.1, 0.15) is 26.4 Å². The lowest BCUT2D eigenvalue weighted by Crippen LogP contribution is -2.15. The largest absolute Gasteiger partial charge is 0.478 e. The van der Waals surface area contributed by atoms with Gasteiger partial charge >= 0.3 is 5.97 Å². The summed E-state index contributed by atoms with van der Waals surface area (Å²) in [4.78, 5) is 23.3. The summed E-state index contributed by atoms with van der Waals surface area (Å²) >= 11 is 3.20. The van der Waals surface area contributed by atoms with Gasteiger partial charge in [0.2, 0.25) is 0 Å². The van der Waals surface area contributed by atoms with E-state index in [1.165, 1.54) is 18.3 Å². The van der Waals surface area contributed by atoms with E-state index in [-0.39, 0.29) is 17.2 Å². The van der Waals surface area contributed by atoms with Crippen molar-refractivity contribution in [2.45, 2.75) is 6.92 Å². The smallest absolute Gasteiger partial charge is 0.337 e. The zero-order chi connectivity index (χ0) is 14.9. The van der Waals surface area contributed by atoms with E-state index in [4.69, 9.17) is 5.11 Å². The molecule has 1 heterocycles. The summed E-state index contributed by atoms with van der Waals surface area (Å²) in [6.45, 7) is 1.77. The highest BCUT2D eigenvalue weighted by atomic mass is 79.9. The van der Waals surface area contributed by atoms with Gasteiger partial charge in [0, 0.05) is 17.2 Å². The minimum Gasteiger partial charge on any atom is -0.478 e. The van der Waals surface area contributed by atoms with E-state index in [0.717, 1.165) is 0 Å². The number of aromatic nitrogens is 2. The summed E-state index contributed by atoms with van der Waals surface area (Å²) in [6.07, 6.45) is 1.45. The van der Waals surface area contributed by atoms with Crippen LogP contribution in [0.15, 0.2) is 28.9 Å². The second-order valence-electron chi connectivity index (χ2n) is 4.22. The number of carbonyl (C=O) groups excluding carboxylic acids is 1. The molecule has 0 aliphatic heterocycles. The first kappa shape index (κ1) is 14.3. The van der Waals surface area contributed by atoms with Crippen molar-refractivity contribution in [3.63, 3.8) is 0 Å². The highest BCUT2D eigenvalue weighted by Gasteiger charge is 2.17. The Morgan fingerprint density at radius 2 is 2.05 bits per heavy atom. The standard InChI is InChI=1S/C13H12BrN3O3/c1-7-10(6-15-17(7)2)12(18)16-11-4-3-8(14)5-9(11)13(19)20/h3-6H,1-2H3,(H,16,18)(H,19,20). The molecule has 2 rings (SSSR count). The Kier molecular flexibility index (Phi) is 3.89. The van der Waals surface area contributed by atoms with Crippen LogP contribution in [0.3, 0.4) is 0 Å². The second kappa shape index (κ2) is 5.46. The average Bonchev–Trinajstić information content (AvgIpc) is 2.72. The van der Waals surface area contributed by atoms with Gasteiger partial charge in [0.25, 0.3) is 5.91 Å². The molecule has 0 fully saturated rings. The number of carboxylic acids is 1.